The summed E-state index contributed by atoms with van der Waals surface area (Å²) in [7, 11) is 3.17. The third kappa shape index (κ3) is 3.36. The van der Waals surface area contributed by atoms with E-state index in [1.807, 2.05) is 6.07 Å². The molecule has 1 aromatic carbocycles. The average molecular weight is 398 g/mol. The molecule has 6 rings (SSSR count). The molecule has 2 aromatic rings. The molecule has 4 bridgehead atoms. The molecule has 0 radical (unpaired) electrons. The van der Waals surface area contributed by atoms with E-state index in [-0.39, 0.29) is 24.4 Å². The minimum Gasteiger partial charge on any atom is -0.497 e. The Morgan fingerprint density at radius 3 is 2.45 bits per heavy atom. The van der Waals surface area contributed by atoms with Crippen LogP contribution in [-0.2, 0) is 16.1 Å². The third-order valence-corrected chi connectivity index (χ3v) is 6.95. The van der Waals surface area contributed by atoms with E-state index in [4.69, 9.17) is 18.7 Å². The first-order chi connectivity index (χ1) is 14.1. The normalized spacial score (nSPS) is 29.7. The molecule has 0 aliphatic heterocycles. The maximum absolute atomic E-state index is 12.8. The van der Waals surface area contributed by atoms with E-state index in [0.29, 0.717) is 34.7 Å². The van der Waals surface area contributed by atoms with Gasteiger partial charge in [0.15, 0.2) is 6.61 Å². The molecule has 4 fully saturated rings. The number of methoxy groups -OCH3 is 2. The van der Waals surface area contributed by atoms with Gasteiger partial charge in [-0.2, -0.15) is 4.98 Å². The topological polar surface area (TPSA) is 83.7 Å². The van der Waals surface area contributed by atoms with Crippen LogP contribution in [0.3, 0.4) is 0 Å². The standard InChI is InChI=1S/C22H26N2O5/c1-26-16-3-4-17(18(10-16)27-2)21-23-19(29-24-21)11-28-22(25)20-14-6-12-5-13(8-14)9-15(20)7-12/h3-4,10,12-15,20H,5-9,11H2,1-2H3. The number of aromatic nitrogens is 2. The number of hydrogen-bond donors (Lipinski definition) is 0. The predicted molar refractivity (Wildman–Crippen MR) is 103 cm³/mol. The number of hydrogen-bond acceptors (Lipinski definition) is 7. The highest BCUT2D eigenvalue weighted by Gasteiger charge is 2.51. The van der Waals surface area contributed by atoms with E-state index in [9.17, 15) is 4.79 Å². The highest BCUT2D eigenvalue weighted by Crippen LogP contribution is 2.56. The van der Waals surface area contributed by atoms with Crippen LogP contribution in [-0.4, -0.2) is 30.3 Å². The quantitative estimate of drug-likeness (QED) is 0.683. The number of ether oxygens (including phenoxy) is 3. The van der Waals surface area contributed by atoms with E-state index in [0.717, 1.165) is 11.8 Å². The molecule has 7 nitrogen and oxygen atoms in total. The van der Waals surface area contributed by atoms with Crippen LogP contribution in [0.25, 0.3) is 11.4 Å². The molecule has 0 atom stereocenters. The van der Waals surface area contributed by atoms with Gasteiger partial charge in [0.25, 0.3) is 5.89 Å². The molecule has 0 saturated heterocycles. The van der Waals surface area contributed by atoms with Gasteiger partial charge in [0, 0.05) is 6.07 Å². The van der Waals surface area contributed by atoms with Crippen molar-refractivity contribution in [2.75, 3.05) is 14.2 Å². The lowest BCUT2D eigenvalue weighted by Gasteiger charge is -2.53. The van der Waals surface area contributed by atoms with Crippen LogP contribution in [0, 0.1) is 29.6 Å². The maximum Gasteiger partial charge on any atom is 0.310 e. The van der Waals surface area contributed by atoms with Crippen LogP contribution in [0.2, 0.25) is 0 Å². The Kier molecular flexibility index (Phi) is 4.68. The zero-order valence-corrected chi connectivity index (χ0v) is 16.8. The first-order valence-corrected chi connectivity index (χ1v) is 10.4. The Morgan fingerprint density at radius 2 is 1.79 bits per heavy atom. The summed E-state index contributed by atoms with van der Waals surface area (Å²) in [5.74, 6) is 4.56. The van der Waals surface area contributed by atoms with Crippen LogP contribution in [0.15, 0.2) is 22.7 Å². The van der Waals surface area contributed by atoms with Crippen molar-refractivity contribution in [2.45, 2.75) is 38.7 Å². The Morgan fingerprint density at radius 1 is 1.07 bits per heavy atom. The first-order valence-electron chi connectivity index (χ1n) is 10.4. The van der Waals surface area contributed by atoms with Crippen molar-refractivity contribution < 1.29 is 23.5 Å². The molecule has 4 aliphatic carbocycles. The van der Waals surface area contributed by atoms with Crippen molar-refractivity contribution in [2.24, 2.45) is 29.6 Å². The van der Waals surface area contributed by atoms with Gasteiger partial charge >= 0.3 is 5.97 Å². The summed E-state index contributed by atoms with van der Waals surface area (Å²) < 4.78 is 21.5. The predicted octanol–water partition coefficient (Wildman–Crippen LogP) is 3.87. The fourth-order valence-corrected chi connectivity index (χ4v) is 5.95. The van der Waals surface area contributed by atoms with Gasteiger partial charge in [0.2, 0.25) is 5.82 Å². The molecule has 0 spiro atoms. The van der Waals surface area contributed by atoms with Gasteiger partial charge in [-0.05, 0) is 67.9 Å². The third-order valence-electron chi connectivity index (χ3n) is 6.95. The van der Waals surface area contributed by atoms with Gasteiger partial charge in [-0.3, -0.25) is 4.79 Å². The fourth-order valence-electron chi connectivity index (χ4n) is 5.95. The zero-order chi connectivity index (χ0) is 20.0. The van der Waals surface area contributed by atoms with Crippen LogP contribution < -0.4 is 9.47 Å². The molecule has 29 heavy (non-hydrogen) atoms. The van der Waals surface area contributed by atoms with Gasteiger partial charge in [-0.15, -0.1) is 0 Å². The Hall–Kier alpha value is -2.57. The molecule has 154 valence electrons. The fraction of sp³-hybridized carbons (Fsp3) is 0.591. The first kappa shape index (κ1) is 18.5. The monoisotopic (exact) mass is 398 g/mol. The maximum atomic E-state index is 12.8. The van der Waals surface area contributed by atoms with Gasteiger partial charge < -0.3 is 18.7 Å². The van der Waals surface area contributed by atoms with E-state index >= 15 is 0 Å². The van der Waals surface area contributed by atoms with Crippen LogP contribution in [0.4, 0.5) is 0 Å². The Balaban J connectivity index is 1.25. The summed E-state index contributed by atoms with van der Waals surface area (Å²) in [5.41, 5.74) is 0.690. The Labute approximate surface area is 169 Å². The lowest BCUT2D eigenvalue weighted by Crippen LogP contribution is -2.48. The van der Waals surface area contributed by atoms with E-state index < -0.39 is 0 Å². The van der Waals surface area contributed by atoms with Crippen molar-refractivity contribution in [1.29, 1.82) is 0 Å². The number of benzene rings is 1. The van der Waals surface area contributed by atoms with Crippen molar-refractivity contribution in [3.05, 3.63) is 24.1 Å². The van der Waals surface area contributed by atoms with Crippen LogP contribution >= 0.6 is 0 Å². The number of carbonyl (C=O) groups excluding carboxylic acids is 1. The number of esters is 1. The van der Waals surface area contributed by atoms with Gasteiger partial charge in [0.1, 0.15) is 11.5 Å². The van der Waals surface area contributed by atoms with Crippen LogP contribution in [0.1, 0.15) is 38.0 Å². The summed E-state index contributed by atoms with van der Waals surface area (Å²) in [6, 6.07) is 5.38. The molecular weight excluding hydrogens is 372 g/mol. The highest BCUT2D eigenvalue weighted by atomic mass is 16.6. The summed E-state index contributed by atoms with van der Waals surface area (Å²) >= 11 is 0. The van der Waals surface area contributed by atoms with Gasteiger partial charge in [0.05, 0.1) is 25.7 Å². The second-order valence-corrected chi connectivity index (χ2v) is 8.64. The second-order valence-electron chi connectivity index (χ2n) is 8.64. The van der Waals surface area contributed by atoms with E-state index in [1.165, 1.54) is 32.1 Å². The summed E-state index contributed by atoms with van der Waals surface area (Å²) in [6.45, 7) is 0.00704. The second kappa shape index (κ2) is 7.35. The largest absolute Gasteiger partial charge is 0.497 e. The minimum absolute atomic E-state index is 0.00704. The summed E-state index contributed by atoms with van der Waals surface area (Å²) in [5, 5.41) is 4.02. The summed E-state index contributed by atoms with van der Waals surface area (Å²) in [6.07, 6.45) is 6.13. The average Bonchev–Trinajstić information content (AvgIpc) is 3.19. The molecule has 4 aliphatic rings. The molecule has 1 aromatic heterocycles. The van der Waals surface area contributed by atoms with E-state index in [1.54, 1.807) is 26.4 Å². The molecule has 1 heterocycles. The highest BCUT2D eigenvalue weighted by molar-refractivity contribution is 5.73. The smallest absolute Gasteiger partial charge is 0.310 e. The number of nitrogens with zero attached hydrogens (tertiary/aromatic N) is 2. The lowest BCUT2D eigenvalue weighted by atomic mass is 9.52. The SMILES string of the molecule is COc1ccc(-c2noc(COC(=O)C3C4CC5CC(C4)CC3C5)n2)c(OC)c1. The summed E-state index contributed by atoms with van der Waals surface area (Å²) in [4.78, 5) is 17.2. The van der Waals surface area contributed by atoms with Crippen molar-refractivity contribution in [3.8, 4) is 22.9 Å². The molecule has 0 amide bonds. The van der Waals surface area contributed by atoms with Gasteiger partial charge in [-0.25, -0.2) is 0 Å². The van der Waals surface area contributed by atoms with E-state index in [2.05, 4.69) is 10.1 Å². The molecule has 0 unspecified atom stereocenters. The molecular formula is C22H26N2O5. The van der Waals surface area contributed by atoms with Crippen molar-refractivity contribution in [1.82, 2.24) is 10.1 Å². The molecule has 7 heteroatoms. The minimum atomic E-state index is -0.0967. The molecule has 4 saturated carbocycles. The van der Waals surface area contributed by atoms with Crippen molar-refractivity contribution in [3.63, 3.8) is 0 Å². The molecule has 0 N–H and O–H groups in total. The lowest BCUT2D eigenvalue weighted by molar-refractivity contribution is -0.164. The number of rotatable bonds is 6. The Bertz CT molecular complexity index is 880. The van der Waals surface area contributed by atoms with Gasteiger partial charge in [-0.1, -0.05) is 5.16 Å². The van der Waals surface area contributed by atoms with Crippen molar-refractivity contribution >= 4 is 5.97 Å². The number of carbonyl (C=O) groups is 1. The van der Waals surface area contributed by atoms with Crippen LogP contribution in [0.5, 0.6) is 11.5 Å². The zero-order valence-electron chi connectivity index (χ0n) is 16.8.